The Labute approximate surface area is 171 Å². The highest BCUT2D eigenvalue weighted by atomic mass is 35.5. The molecule has 0 bridgehead atoms. The molecule has 0 aliphatic heterocycles. The van der Waals surface area contributed by atoms with Crippen molar-refractivity contribution in [3.05, 3.63) is 57.8 Å². The van der Waals surface area contributed by atoms with Crippen molar-refractivity contribution in [2.24, 2.45) is 5.92 Å². The minimum Gasteiger partial charge on any atom is -0.481 e. The second-order valence-electron chi connectivity index (χ2n) is 6.49. The van der Waals surface area contributed by atoms with Crippen LogP contribution in [0.2, 0.25) is 10.0 Å². The van der Waals surface area contributed by atoms with Gasteiger partial charge in [0.05, 0.1) is 28.1 Å². The summed E-state index contributed by atoms with van der Waals surface area (Å²) in [6, 6.07) is 5.92. The van der Waals surface area contributed by atoms with Crippen LogP contribution in [-0.2, 0) is 9.59 Å². The number of hydrogen-bond acceptors (Lipinski definition) is 4. The van der Waals surface area contributed by atoms with Crippen LogP contribution < -0.4 is 10.6 Å². The lowest BCUT2D eigenvalue weighted by atomic mass is 10.0. The first-order valence-corrected chi connectivity index (χ1v) is 9.33. The van der Waals surface area contributed by atoms with Crippen LogP contribution in [0.15, 0.2) is 36.7 Å². The molecule has 2 amide bonds. The van der Waals surface area contributed by atoms with E-state index < -0.39 is 17.9 Å². The summed E-state index contributed by atoms with van der Waals surface area (Å²) in [7, 11) is 0. The van der Waals surface area contributed by atoms with Crippen molar-refractivity contribution in [1.82, 2.24) is 10.3 Å². The van der Waals surface area contributed by atoms with Gasteiger partial charge in [0.25, 0.3) is 5.91 Å². The minimum atomic E-state index is -1.01. The first-order valence-electron chi connectivity index (χ1n) is 8.57. The zero-order valence-corrected chi connectivity index (χ0v) is 16.1. The quantitative estimate of drug-likeness (QED) is 0.631. The molecule has 9 heteroatoms. The molecule has 1 unspecified atom stereocenters. The first kappa shape index (κ1) is 20.1. The van der Waals surface area contributed by atoms with Gasteiger partial charge in [-0.3, -0.25) is 19.4 Å². The van der Waals surface area contributed by atoms with Gasteiger partial charge in [-0.1, -0.05) is 35.3 Å². The number of anilines is 1. The van der Waals surface area contributed by atoms with E-state index in [-0.39, 0.29) is 33.9 Å². The number of pyridine rings is 1. The van der Waals surface area contributed by atoms with Gasteiger partial charge >= 0.3 is 5.97 Å². The monoisotopic (exact) mass is 421 g/mol. The van der Waals surface area contributed by atoms with E-state index in [4.69, 9.17) is 28.3 Å². The van der Waals surface area contributed by atoms with Gasteiger partial charge < -0.3 is 15.7 Å². The molecule has 1 atom stereocenters. The number of nitrogens with one attached hydrogen (secondary N) is 2. The molecule has 1 aliphatic rings. The molecule has 1 saturated carbocycles. The summed E-state index contributed by atoms with van der Waals surface area (Å²) in [5, 5.41) is 14.8. The molecule has 1 fully saturated rings. The molecule has 1 aromatic heterocycles. The number of carbonyl (C=O) groups excluding carboxylic acids is 2. The van der Waals surface area contributed by atoms with Gasteiger partial charge in [0.2, 0.25) is 5.91 Å². The number of rotatable bonds is 7. The molecule has 28 heavy (non-hydrogen) atoms. The summed E-state index contributed by atoms with van der Waals surface area (Å²) < 4.78 is 0. The summed E-state index contributed by atoms with van der Waals surface area (Å²) >= 11 is 12.0. The molecule has 3 rings (SSSR count). The number of nitrogens with zero attached hydrogens (tertiary/aromatic N) is 1. The third-order valence-corrected chi connectivity index (χ3v) is 4.87. The number of aliphatic carboxylic acids is 1. The van der Waals surface area contributed by atoms with Crippen molar-refractivity contribution < 1.29 is 19.5 Å². The highest BCUT2D eigenvalue weighted by Crippen LogP contribution is 2.30. The number of aromatic nitrogens is 1. The molecule has 146 valence electrons. The summed E-state index contributed by atoms with van der Waals surface area (Å²) in [4.78, 5) is 39.4. The maximum absolute atomic E-state index is 12.4. The second kappa shape index (κ2) is 8.58. The Balaban J connectivity index is 1.72. The predicted molar refractivity (Wildman–Crippen MR) is 105 cm³/mol. The standard InChI is InChI=1S/C19H17Cl2N3O4/c20-13-8-22-9-14(21)17(13)19(28)23-12-5-3-10(4-6-12)15(7-16(25)26)24-18(27)11-1-2-11/h3-6,8-9,11,15H,1-2,7H2,(H,23,28)(H,24,27)(H,25,26). The van der Waals surface area contributed by atoms with Crippen molar-refractivity contribution >= 4 is 46.7 Å². The molecule has 2 aromatic rings. The Morgan fingerprint density at radius 1 is 1.11 bits per heavy atom. The number of halogens is 2. The second-order valence-corrected chi connectivity index (χ2v) is 7.30. The molecular weight excluding hydrogens is 405 g/mol. The van der Waals surface area contributed by atoms with Gasteiger partial charge in [-0.25, -0.2) is 0 Å². The lowest BCUT2D eigenvalue weighted by Gasteiger charge is -2.18. The van der Waals surface area contributed by atoms with Crippen LogP contribution in [0.4, 0.5) is 5.69 Å². The Kier molecular flexibility index (Phi) is 6.16. The molecular formula is C19H17Cl2N3O4. The maximum Gasteiger partial charge on any atom is 0.305 e. The molecule has 0 saturated heterocycles. The third-order valence-electron chi connectivity index (χ3n) is 4.29. The highest BCUT2D eigenvalue weighted by molar-refractivity contribution is 6.40. The lowest BCUT2D eigenvalue weighted by Crippen LogP contribution is -2.31. The van der Waals surface area contributed by atoms with Crippen LogP contribution in [0.1, 0.15) is 41.2 Å². The molecule has 7 nitrogen and oxygen atoms in total. The topological polar surface area (TPSA) is 108 Å². The zero-order valence-electron chi connectivity index (χ0n) is 14.6. The molecule has 1 aromatic carbocycles. The largest absolute Gasteiger partial charge is 0.481 e. The Hall–Kier alpha value is -2.64. The number of carboxylic acids is 1. The fourth-order valence-electron chi connectivity index (χ4n) is 2.68. The number of carboxylic acid groups (broad SMARTS) is 1. The van der Waals surface area contributed by atoms with Crippen LogP contribution in [0, 0.1) is 5.92 Å². The van der Waals surface area contributed by atoms with E-state index in [2.05, 4.69) is 15.6 Å². The van der Waals surface area contributed by atoms with Crippen molar-refractivity contribution in [3.8, 4) is 0 Å². The van der Waals surface area contributed by atoms with Crippen LogP contribution in [0.3, 0.4) is 0 Å². The predicted octanol–water partition coefficient (Wildman–Crippen LogP) is 3.68. The Morgan fingerprint density at radius 3 is 2.25 bits per heavy atom. The van der Waals surface area contributed by atoms with Crippen LogP contribution in [-0.4, -0.2) is 27.9 Å². The van der Waals surface area contributed by atoms with Crippen molar-refractivity contribution in [1.29, 1.82) is 0 Å². The number of carbonyl (C=O) groups is 3. The highest BCUT2D eigenvalue weighted by Gasteiger charge is 2.31. The van der Waals surface area contributed by atoms with Crippen LogP contribution in [0.25, 0.3) is 0 Å². The first-order chi connectivity index (χ1) is 13.3. The van der Waals surface area contributed by atoms with E-state index in [0.29, 0.717) is 11.3 Å². The number of benzene rings is 1. The minimum absolute atomic E-state index is 0.0234. The van der Waals surface area contributed by atoms with Gasteiger partial charge in [0.15, 0.2) is 0 Å². The molecule has 0 radical (unpaired) electrons. The fourth-order valence-corrected chi connectivity index (χ4v) is 3.22. The van der Waals surface area contributed by atoms with Gasteiger partial charge in [-0.15, -0.1) is 0 Å². The van der Waals surface area contributed by atoms with Crippen LogP contribution in [0.5, 0.6) is 0 Å². The molecule has 1 heterocycles. The zero-order chi connectivity index (χ0) is 20.3. The summed E-state index contributed by atoms with van der Waals surface area (Å²) in [5.41, 5.74) is 1.22. The Bertz CT molecular complexity index is 894. The van der Waals surface area contributed by atoms with Gasteiger partial charge in [-0.05, 0) is 30.5 Å². The van der Waals surface area contributed by atoms with E-state index >= 15 is 0 Å². The normalized spacial score (nSPS) is 14.2. The average molecular weight is 422 g/mol. The maximum atomic E-state index is 12.4. The van der Waals surface area contributed by atoms with E-state index in [1.807, 2.05) is 0 Å². The molecule has 3 N–H and O–H groups in total. The molecule has 1 aliphatic carbocycles. The van der Waals surface area contributed by atoms with E-state index in [1.165, 1.54) is 12.4 Å². The van der Waals surface area contributed by atoms with Crippen molar-refractivity contribution in [2.75, 3.05) is 5.32 Å². The summed E-state index contributed by atoms with van der Waals surface area (Å²) in [6.45, 7) is 0. The van der Waals surface area contributed by atoms with Crippen molar-refractivity contribution in [2.45, 2.75) is 25.3 Å². The third kappa shape index (κ3) is 4.99. The van der Waals surface area contributed by atoms with Crippen molar-refractivity contribution in [3.63, 3.8) is 0 Å². The fraction of sp³-hybridized carbons (Fsp3) is 0.263. The average Bonchev–Trinajstić information content (AvgIpc) is 3.46. The smallest absolute Gasteiger partial charge is 0.305 e. The Morgan fingerprint density at radius 2 is 1.71 bits per heavy atom. The van der Waals surface area contributed by atoms with Gasteiger partial charge in [-0.2, -0.15) is 0 Å². The van der Waals surface area contributed by atoms with E-state index in [1.54, 1.807) is 24.3 Å². The number of hydrogen-bond donors (Lipinski definition) is 3. The van der Waals surface area contributed by atoms with Gasteiger partial charge in [0, 0.05) is 24.0 Å². The summed E-state index contributed by atoms with van der Waals surface area (Å²) in [6.07, 6.45) is 4.08. The molecule has 0 spiro atoms. The number of amides is 2. The lowest BCUT2D eigenvalue weighted by molar-refractivity contribution is -0.137. The SMILES string of the molecule is O=C(O)CC(NC(=O)C1CC1)c1ccc(NC(=O)c2c(Cl)cncc2Cl)cc1. The van der Waals surface area contributed by atoms with E-state index in [9.17, 15) is 14.4 Å². The van der Waals surface area contributed by atoms with Crippen LogP contribution >= 0.6 is 23.2 Å². The van der Waals surface area contributed by atoms with E-state index in [0.717, 1.165) is 12.8 Å². The van der Waals surface area contributed by atoms with Gasteiger partial charge in [0.1, 0.15) is 0 Å². The summed E-state index contributed by atoms with van der Waals surface area (Å²) in [5.74, 6) is -1.66.